The highest BCUT2D eigenvalue weighted by Crippen LogP contribution is 2.36. The van der Waals surface area contributed by atoms with Crippen molar-refractivity contribution in [3.63, 3.8) is 0 Å². The predicted molar refractivity (Wildman–Crippen MR) is 114 cm³/mol. The monoisotopic (exact) mass is 401 g/mol. The Bertz CT molecular complexity index is 1290. The second-order valence-electron chi connectivity index (χ2n) is 6.75. The Balaban J connectivity index is 1.91. The molecule has 0 aliphatic heterocycles. The maximum absolute atomic E-state index is 11.5. The van der Waals surface area contributed by atoms with Gasteiger partial charge in [0.15, 0.2) is 17.3 Å². The molecule has 4 aromatic rings. The zero-order valence-corrected chi connectivity index (χ0v) is 16.4. The van der Waals surface area contributed by atoms with Crippen LogP contribution in [0.4, 0.5) is 5.82 Å². The van der Waals surface area contributed by atoms with Crippen molar-refractivity contribution in [2.24, 2.45) is 4.99 Å². The summed E-state index contributed by atoms with van der Waals surface area (Å²) >= 11 is 0. The highest BCUT2D eigenvalue weighted by Gasteiger charge is 2.16. The first-order chi connectivity index (χ1) is 14.5. The van der Waals surface area contributed by atoms with E-state index in [1.807, 2.05) is 29.7 Å². The molecule has 0 aliphatic carbocycles. The molecule has 0 saturated carbocycles. The van der Waals surface area contributed by atoms with E-state index in [4.69, 9.17) is 9.72 Å². The van der Waals surface area contributed by atoms with E-state index in [0.717, 1.165) is 5.56 Å². The average Bonchev–Trinajstić information content (AvgIpc) is 3.10. The number of ether oxygens (including phenoxy) is 1. The van der Waals surface area contributed by atoms with Crippen molar-refractivity contribution in [2.45, 2.75) is 6.92 Å². The van der Waals surface area contributed by atoms with Gasteiger partial charge in [-0.25, -0.2) is 14.8 Å². The Morgan fingerprint density at radius 1 is 1.17 bits per heavy atom. The van der Waals surface area contributed by atoms with Crippen LogP contribution < -0.4 is 4.74 Å². The van der Waals surface area contributed by atoms with Crippen molar-refractivity contribution in [1.82, 2.24) is 9.38 Å². The SMILES string of the molecule is COc1cc(-c2nc3cc(C)ccn3c2N=Cc2ccccc2C(=O)O)ccc1O. The molecule has 2 heterocycles. The molecule has 0 bridgehead atoms. The summed E-state index contributed by atoms with van der Waals surface area (Å²) in [5.74, 6) is -0.125. The first-order valence-corrected chi connectivity index (χ1v) is 9.20. The molecular formula is C23H19N3O4. The molecule has 150 valence electrons. The first kappa shape index (κ1) is 19.2. The summed E-state index contributed by atoms with van der Waals surface area (Å²) < 4.78 is 7.06. The van der Waals surface area contributed by atoms with E-state index in [9.17, 15) is 15.0 Å². The van der Waals surface area contributed by atoms with Gasteiger partial charge in [-0.3, -0.25) is 4.40 Å². The van der Waals surface area contributed by atoms with E-state index in [0.29, 0.717) is 34.0 Å². The fraction of sp³-hybridized carbons (Fsp3) is 0.0870. The van der Waals surface area contributed by atoms with Gasteiger partial charge >= 0.3 is 5.97 Å². The Morgan fingerprint density at radius 2 is 1.97 bits per heavy atom. The van der Waals surface area contributed by atoms with Gasteiger partial charge in [0.2, 0.25) is 0 Å². The van der Waals surface area contributed by atoms with Crippen LogP contribution in [-0.2, 0) is 0 Å². The highest BCUT2D eigenvalue weighted by molar-refractivity contribution is 5.99. The van der Waals surface area contributed by atoms with Gasteiger partial charge < -0.3 is 14.9 Å². The Morgan fingerprint density at radius 3 is 2.73 bits per heavy atom. The van der Waals surface area contributed by atoms with E-state index in [1.54, 1.807) is 30.3 Å². The van der Waals surface area contributed by atoms with Crippen LogP contribution in [0, 0.1) is 6.92 Å². The van der Waals surface area contributed by atoms with Crippen LogP contribution in [0.25, 0.3) is 16.9 Å². The molecule has 7 nitrogen and oxygen atoms in total. The first-order valence-electron chi connectivity index (χ1n) is 9.20. The van der Waals surface area contributed by atoms with Gasteiger partial charge in [-0.1, -0.05) is 18.2 Å². The lowest BCUT2D eigenvalue weighted by atomic mass is 10.1. The number of carbonyl (C=O) groups is 1. The maximum Gasteiger partial charge on any atom is 0.336 e. The molecule has 2 aromatic carbocycles. The van der Waals surface area contributed by atoms with Crippen molar-refractivity contribution in [2.75, 3.05) is 7.11 Å². The van der Waals surface area contributed by atoms with Gasteiger partial charge in [0.1, 0.15) is 11.3 Å². The van der Waals surface area contributed by atoms with E-state index in [-0.39, 0.29) is 11.3 Å². The maximum atomic E-state index is 11.5. The summed E-state index contributed by atoms with van der Waals surface area (Å²) in [4.78, 5) is 20.8. The molecule has 0 unspecified atom stereocenters. The van der Waals surface area contributed by atoms with Gasteiger partial charge in [0.25, 0.3) is 0 Å². The van der Waals surface area contributed by atoms with Crippen molar-refractivity contribution in [1.29, 1.82) is 0 Å². The summed E-state index contributed by atoms with van der Waals surface area (Å²) in [7, 11) is 1.48. The van der Waals surface area contributed by atoms with E-state index < -0.39 is 5.97 Å². The van der Waals surface area contributed by atoms with Crippen LogP contribution in [0.2, 0.25) is 0 Å². The standard InChI is InChI=1S/C23H19N3O4/c1-14-9-10-26-20(11-14)25-21(15-7-8-18(27)19(12-15)30-2)22(26)24-13-16-5-3-4-6-17(16)23(28)29/h3-13,27H,1-2H3,(H,28,29). The summed E-state index contributed by atoms with van der Waals surface area (Å²) in [5.41, 5.74) is 3.71. The number of aromatic nitrogens is 2. The van der Waals surface area contributed by atoms with Crippen LogP contribution in [0.15, 0.2) is 65.8 Å². The van der Waals surface area contributed by atoms with Crippen molar-refractivity contribution in [3.8, 4) is 22.8 Å². The van der Waals surface area contributed by atoms with Crippen molar-refractivity contribution >= 4 is 23.6 Å². The number of carboxylic acids is 1. The number of phenolic OH excluding ortho intramolecular Hbond substituents is 1. The molecule has 0 spiro atoms. The molecule has 2 aromatic heterocycles. The molecule has 4 rings (SSSR count). The lowest BCUT2D eigenvalue weighted by Crippen LogP contribution is -2.01. The second-order valence-corrected chi connectivity index (χ2v) is 6.75. The van der Waals surface area contributed by atoms with Crippen molar-refractivity contribution < 1.29 is 19.7 Å². The van der Waals surface area contributed by atoms with Gasteiger partial charge in [0, 0.05) is 23.5 Å². The third-order valence-electron chi connectivity index (χ3n) is 4.73. The van der Waals surface area contributed by atoms with Crippen molar-refractivity contribution in [3.05, 3.63) is 77.5 Å². The zero-order valence-electron chi connectivity index (χ0n) is 16.4. The number of imidazole rings is 1. The number of nitrogens with zero attached hydrogens (tertiary/aromatic N) is 3. The summed E-state index contributed by atoms with van der Waals surface area (Å²) in [6.07, 6.45) is 3.39. The molecular weight excluding hydrogens is 382 g/mol. The normalized spacial score (nSPS) is 11.3. The van der Waals surface area contributed by atoms with Crippen LogP contribution in [0.1, 0.15) is 21.5 Å². The largest absolute Gasteiger partial charge is 0.504 e. The van der Waals surface area contributed by atoms with Crippen LogP contribution >= 0.6 is 0 Å². The molecule has 0 saturated heterocycles. The number of rotatable bonds is 5. The zero-order chi connectivity index (χ0) is 21.3. The summed E-state index contributed by atoms with van der Waals surface area (Å²) in [6, 6.07) is 15.5. The fourth-order valence-electron chi connectivity index (χ4n) is 3.21. The number of hydrogen-bond donors (Lipinski definition) is 2. The Labute approximate surface area is 172 Å². The van der Waals surface area contributed by atoms with Crippen LogP contribution in [0.5, 0.6) is 11.5 Å². The lowest BCUT2D eigenvalue weighted by Gasteiger charge is -2.06. The third-order valence-corrected chi connectivity index (χ3v) is 4.73. The van der Waals surface area contributed by atoms with Crippen LogP contribution in [-0.4, -0.2) is 38.9 Å². The minimum Gasteiger partial charge on any atom is -0.504 e. The number of pyridine rings is 1. The number of aryl methyl sites for hydroxylation is 1. The number of benzene rings is 2. The Kier molecular flexibility index (Phi) is 4.93. The summed E-state index contributed by atoms with van der Waals surface area (Å²) in [6.45, 7) is 1.98. The number of aliphatic imine (C=N–C) groups is 1. The number of methoxy groups -OCH3 is 1. The number of phenols is 1. The van der Waals surface area contributed by atoms with Gasteiger partial charge in [-0.2, -0.15) is 0 Å². The molecule has 0 amide bonds. The van der Waals surface area contributed by atoms with E-state index >= 15 is 0 Å². The van der Waals surface area contributed by atoms with Gasteiger partial charge in [0.05, 0.1) is 12.7 Å². The molecule has 0 radical (unpaired) electrons. The summed E-state index contributed by atoms with van der Waals surface area (Å²) in [5, 5.41) is 19.4. The highest BCUT2D eigenvalue weighted by atomic mass is 16.5. The molecule has 0 aliphatic rings. The molecule has 7 heteroatoms. The minimum absolute atomic E-state index is 0.0290. The fourth-order valence-corrected chi connectivity index (χ4v) is 3.21. The second kappa shape index (κ2) is 7.71. The number of fused-ring (bicyclic) bond motifs is 1. The number of aromatic hydroxyl groups is 1. The quantitative estimate of drug-likeness (QED) is 0.481. The third kappa shape index (κ3) is 3.48. The Hall–Kier alpha value is -4.13. The number of hydrogen-bond acceptors (Lipinski definition) is 5. The molecule has 0 atom stereocenters. The van der Waals surface area contributed by atoms with E-state index in [2.05, 4.69) is 4.99 Å². The predicted octanol–water partition coefficient (Wildman–Crippen LogP) is 4.47. The molecule has 2 N–H and O–H groups in total. The minimum atomic E-state index is -1.02. The number of carboxylic acid groups (broad SMARTS) is 1. The average molecular weight is 401 g/mol. The van der Waals surface area contributed by atoms with Gasteiger partial charge in [-0.15, -0.1) is 0 Å². The lowest BCUT2D eigenvalue weighted by molar-refractivity contribution is 0.0696. The molecule has 30 heavy (non-hydrogen) atoms. The smallest absolute Gasteiger partial charge is 0.336 e. The van der Waals surface area contributed by atoms with Gasteiger partial charge in [-0.05, 0) is 48.9 Å². The molecule has 0 fully saturated rings. The van der Waals surface area contributed by atoms with Crippen LogP contribution in [0.3, 0.4) is 0 Å². The topological polar surface area (TPSA) is 96.4 Å². The van der Waals surface area contributed by atoms with E-state index in [1.165, 1.54) is 25.5 Å². The number of aromatic carboxylic acids is 1.